The number of nitrogens with one attached hydrogen (secondary N) is 1. The lowest BCUT2D eigenvalue weighted by molar-refractivity contribution is 0.0979. The molecule has 0 unspecified atom stereocenters. The van der Waals surface area contributed by atoms with E-state index in [2.05, 4.69) is 9.93 Å². The third kappa shape index (κ3) is 3.19. The Bertz CT molecular complexity index is 598. The Morgan fingerprint density at radius 3 is 2.89 bits per heavy atom. The minimum absolute atomic E-state index is 0.135. The molecule has 0 bridgehead atoms. The van der Waals surface area contributed by atoms with E-state index in [1.165, 1.54) is 0 Å². The maximum Gasteiger partial charge on any atom is 0.266 e. The Kier molecular flexibility index (Phi) is 4.29. The molecule has 1 heterocycles. The molecule has 0 aliphatic rings. The first-order valence-corrected chi connectivity index (χ1v) is 6.18. The van der Waals surface area contributed by atoms with Crippen LogP contribution < -0.4 is 9.57 Å². The quantitative estimate of drug-likeness (QED) is 0.883. The molecule has 0 saturated heterocycles. The van der Waals surface area contributed by atoms with Crippen molar-refractivity contribution in [3.8, 4) is 5.88 Å². The van der Waals surface area contributed by atoms with E-state index < -0.39 is 5.91 Å². The van der Waals surface area contributed by atoms with Crippen molar-refractivity contribution in [2.45, 2.75) is 6.61 Å². The molecule has 0 radical (unpaired) electrons. The van der Waals surface area contributed by atoms with Gasteiger partial charge in [-0.25, -0.2) is 0 Å². The van der Waals surface area contributed by atoms with Crippen molar-refractivity contribution >= 4 is 29.3 Å². The van der Waals surface area contributed by atoms with Crippen molar-refractivity contribution in [1.82, 2.24) is 14.6 Å². The van der Waals surface area contributed by atoms with Crippen molar-refractivity contribution in [3.63, 3.8) is 0 Å². The molecular weight excluding hydrogens is 289 g/mol. The van der Waals surface area contributed by atoms with Gasteiger partial charge in [-0.2, -0.15) is 0 Å². The van der Waals surface area contributed by atoms with Crippen LogP contribution in [-0.2, 0) is 13.7 Å². The fourth-order valence-corrected chi connectivity index (χ4v) is 1.92. The van der Waals surface area contributed by atoms with Crippen molar-refractivity contribution in [3.05, 3.63) is 46.6 Å². The van der Waals surface area contributed by atoms with Gasteiger partial charge in [0.15, 0.2) is 0 Å². The minimum Gasteiger partial charge on any atom is -0.472 e. The van der Waals surface area contributed by atoms with Crippen molar-refractivity contribution < 1.29 is 9.53 Å². The Hall–Kier alpha value is -1.72. The van der Waals surface area contributed by atoms with Gasteiger partial charge in [0, 0.05) is 47.2 Å². The normalized spacial score (nSPS) is 10.3. The van der Waals surface area contributed by atoms with Gasteiger partial charge in [-0.3, -0.25) is 14.3 Å². The first kappa shape index (κ1) is 13.7. The van der Waals surface area contributed by atoms with E-state index in [1.807, 2.05) is 0 Å². The number of rotatable bonds is 4. The lowest BCUT2D eigenvalue weighted by atomic mass is 10.1. The average molecular weight is 300 g/mol. The number of hydrogen-bond donors (Lipinski definition) is 1. The topological polar surface area (TPSA) is 56.1 Å². The van der Waals surface area contributed by atoms with Gasteiger partial charge in [0.2, 0.25) is 5.88 Å². The van der Waals surface area contributed by atoms with Crippen LogP contribution in [0.3, 0.4) is 0 Å². The van der Waals surface area contributed by atoms with Crippen molar-refractivity contribution in [2.75, 3.05) is 0 Å². The first-order valence-electron chi connectivity index (χ1n) is 5.42. The Balaban J connectivity index is 2.21. The molecular formula is C12H11Cl2N3O2. The first-order chi connectivity index (χ1) is 9.11. The van der Waals surface area contributed by atoms with E-state index in [1.54, 1.807) is 42.2 Å². The summed E-state index contributed by atoms with van der Waals surface area (Å²) >= 11 is 11.4. The summed E-state index contributed by atoms with van der Waals surface area (Å²) in [4.78, 5) is 13.7. The predicted octanol–water partition coefficient (Wildman–Crippen LogP) is 2.54. The van der Waals surface area contributed by atoms with Crippen molar-refractivity contribution in [1.29, 1.82) is 0 Å². The van der Waals surface area contributed by atoms with Gasteiger partial charge in [0.1, 0.15) is 6.61 Å². The van der Waals surface area contributed by atoms with Gasteiger partial charge in [0.25, 0.3) is 5.91 Å². The van der Waals surface area contributed by atoms with Crippen LogP contribution in [0.15, 0.2) is 30.5 Å². The van der Waals surface area contributed by atoms with E-state index >= 15 is 0 Å². The zero-order chi connectivity index (χ0) is 13.8. The molecule has 1 N–H and O–H groups in total. The largest absolute Gasteiger partial charge is 0.472 e. The number of nitrogens with zero attached hydrogens (tertiary/aromatic N) is 2. The molecule has 0 spiro atoms. The van der Waals surface area contributed by atoms with Gasteiger partial charge in [-0.15, -0.1) is 5.10 Å². The zero-order valence-corrected chi connectivity index (χ0v) is 11.6. The number of aryl methyl sites for hydroxylation is 1. The van der Waals surface area contributed by atoms with Gasteiger partial charge in [0.05, 0.1) is 0 Å². The molecule has 0 aliphatic heterocycles. The summed E-state index contributed by atoms with van der Waals surface area (Å²) in [5, 5.41) is 4.51. The lowest BCUT2D eigenvalue weighted by Gasteiger charge is -2.10. The van der Waals surface area contributed by atoms with Crippen LogP contribution in [0.5, 0.6) is 5.88 Å². The highest BCUT2D eigenvalue weighted by atomic mass is 35.5. The standard InChI is InChI=1S/C12H11Cl2N3O2/c1-17-6-5-11(16-17)19-7-9-8(12(18)15-14)3-2-4-10(9)13/h2-6H,7H2,1H3,(H,15,18). The summed E-state index contributed by atoms with van der Waals surface area (Å²) in [6.45, 7) is 0.135. The molecule has 100 valence electrons. The molecule has 1 aromatic heterocycles. The number of benzene rings is 1. The number of aromatic nitrogens is 2. The number of halogens is 2. The Labute approximate surface area is 120 Å². The fraction of sp³-hybridized carbons (Fsp3) is 0.167. The van der Waals surface area contributed by atoms with E-state index in [0.717, 1.165) is 0 Å². The van der Waals surface area contributed by atoms with Crippen LogP contribution in [0.25, 0.3) is 0 Å². The summed E-state index contributed by atoms with van der Waals surface area (Å²) in [6.07, 6.45) is 1.76. The molecule has 19 heavy (non-hydrogen) atoms. The van der Waals surface area contributed by atoms with Crippen LogP contribution in [0, 0.1) is 0 Å². The molecule has 1 aromatic carbocycles. The number of amides is 1. The van der Waals surface area contributed by atoms with Crippen molar-refractivity contribution in [2.24, 2.45) is 7.05 Å². The second-order valence-electron chi connectivity index (χ2n) is 3.81. The van der Waals surface area contributed by atoms with Crippen LogP contribution in [0.1, 0.15) is 15.9 Å². The highest BCUT2D eigenvalue weighted by molar-refractivity contribution is 6.32. The van der Waals surface area contributed by atoms with Gasteiger partial charge >= 0.3 is 0 Å². The molecule has 0 fully saturated rings. The van der Waals surface area contributed by atoms with Gasteiger partial charge < -0.3 is 4.74 Å². The summed E-state index contributed by atoms with van der Waals surface area (Å²) < 4.78 is 7.11. The number of hydrogen-bond acceptors (Lipinski definition) is 3. The maximum atomic E-state index is 11.6. The molecule has 5 nitrogen and oxygen atoms in total. The molecule has 7 heteroatoms. The molecule has 2 aromatic rings. The van der Waals surface area contributed by atoms with Crippen LogP contribution >= 0.6 is 23.4 Å². The predicted molar refractivity (Wildman–Crippen MR) is 72.3 cm³/mol. The summed E-state index contributed by atoms with van der Waals surface area (Å²) in [6, 6.07) is 6.70. The Morgan fingerprint density at radius 1 is 1.47 bits per heavy atom. The van der Waals surface area contributed by atoms with Crippen LogP contribution in [-0.4, -0.2) is 15.7 Å². The molecule has 2 rings (SSSR count). The summed E-state index contributed by atoms with van der Waals surface area (Å²) in [5.74, 6) is 0.0310. The monoisotopic (exact) mass is 299 g/mol. The molecule has 0 atom stereocenters. The average Bonchev–Trinajstić information content (AvgIpc) is 2.82. The summed E-state index contributed by atoms with van der Waals surface area (Å²) in [7, 11) is 1.79. The van der Waals surface area contributed by atoms with Gasteiger partial charge in [-0.05, 0) is 12.1 Å². The molecule has 1 amide bonds. The third-order valence-corrected chi connectivity index (χ3v) is 3.03. The molecule has 0 aliphatic carbocycles. The summed E-state index contributed by atoms with van der Waals surface area (Å²) in [5.41, 5.74) is 0.936. The number of carbonyl (C=O) groups is 1. The van der Waals surface area contributed by atoms with E-state index in [0.29, 0.717) is 22.0 Å². The van der Waals surface area contributed by atoms with E-state index in [-0.39, 0.29) is 6.61 Å². The number of carbonyl (C=O) groups excluding carboxylic acids is 1. The lowest BCUT2D eigenvalue weighted by Crippen LogP contribution is -2.16. The van der Waals surface area contributed by atoms with E-state index in [4.69, 9.17) is 28.1 Å². The van der Waals surface area contributed by atoms with Gasteiger partial charge in [-0.1, -0.05) is 17.7 Å². The zero-order valence-electron chi connectivity index (χ0n) is 10.1. The fourth-order valence-electron chi connectivity index (χ4n) is 1.59. The molecule has 0 saturated carbocycles. The van der Waals surface area contributed by atoms with Crippen LogP contribution in [0.4, 0.5) is 0 Å². The third-order valence-electron chi connectivity index (χ3n) is 2.50. The van der Waals surface area contributed by atoms with Crippen LogP contribution in [0.2, 0.25) is 5.02 Å². The SMILES string of the molecule is Cn1ccc(OCc2c(Cl)cccc2C(=O)NCl)n1. The highest BCUT2D eigenvalue weighted by Crippen LogP contribution is 2.22. The maximum absolute atomic E-state index is 11.6. The Morgan fingerprint density at radius 2 is 2.26 bits per heavy atom. The second-order valence-corrected chi connectivity index (χ2v) is 4.40. The van der Waals surface area contributed by atoms with E-state index in [9.17, 15) is 4.79 Å². The smallest absolute Gasteiger partial charge is 0.266 e. The minimum atomic E-state index is -0.427. The number of ether oxygens (including phenoxy) is 1. The highest BCUT2D eigenvalue weighted by Gasteiger charge is 2.14. The second kappa shape index (κ2) is 5.95.